The van der Waals surface area contributed by atoms with Gasteiger partial charge in [0.25, 0.3) is 0 Å². The van der Waals surface area contributed by atoms with Gasteiger partial charge >= 0.3 is 0 Å². The van der Waals surface area contributed by atoms with Crippen molar-refractivity contribution in [3.8, 4) is 0 Å². The van der Waals surface area contributed by atoms with Crippen LogP contribution in [0.2, 0.25) is 0 Å². The van der Waals surface area contributed by atoms with Crippen LogP contribution in [0, 0.1) is 0 Å². The Bertz CT molecular complexity index is 514. The van der Waals surface area contributed by atoms with Crippen LogP contribution in [0.4, 0.5) is 5.82 Å². The summed E-state index contributed by atoms with van der Waals surface area (Å²) >= 11 is 0. The highest BCUT2D eigenvalue weighted by Gasteiger charge is 2.13. The standard InChI is InChI=1S/C19H33N5O/c1-3-20-19(22-10-5-8-14-25-4-2)23-16-17-9-11-21-18(15-17)24-12-6-7-13-24/h9,11,15H,3-8,10,12-14,16H2,1-2H3,(H2,20,22,23). The molecule has 0 spiro atoms. The molecule has 1 fully saturated rings. The molecule has 0 amide bonds. The molecule has 2 rings (SSSR count). The van der Waals surface area contributed by atoms with Gasteiger partial charge in [0.15, 0.2) is 5.96 Å². The van der Waals surface area contributed by atoms with E-state index in [4.69, 9.17) is 9.73 Å². The Hall–Kier alpha value is -1.82. The predicted octanol–water partition coefficient (Wildman–Crippen LogP) is 2.55. The van der Waals surface area contributed by atoms with Crippen molar-refractivity contribution in [3.05, 3.63) is 23.9 Å². The number of nitrogens with one attached hydrogen (secondary N) is 2. The van der Waals surface area contributed by atoms with Crippen molar-refractivity contribution >= 4 is 11.8 Å². The quantitative estimate of drug-likeness (QED) is 0.387. The molecule has 1 aromatic heterocycles. The monoisotopic (exact) mass is 347 g/mol. The van der Waals surface area contributed by atoms with Crippen molar-refractivity contribution in [2.45, 2.75) is 46.1 Å². The number of anilines is 1. The van der Waals surface area contributed by atoms with Gasteiger partial charge in [0, 0.05) is 45.6 Å². The molecular weight excluding hydrogens is 314 g/mol. The first-order chi connectivity index (χ1) is 12.3. The summed E-state index contributed by atoms with van der Waals surface area (Å²) in [7, 11) is 0. The lowest BCUT2D eigenvalue weighted by molar-refractivity contribution is 0.143. The van der Waals surface area contributed by atoms with Crippen LogP contribution < -0.4 is 15.5 Å². The first-order valence-corrected chi connectivity index (χ1v) is 9.63. The molecule has 2 N–H and O–H groups in total. The van der Waals surface area contributed by atoms with Gasteiger partial charge in [-0.25, -0.2) is 9.98 Å². The maximum Gasteiger partial charge on any atom is 0.191 e. The second-order valence-electron chi connectivity index (χ2n) is 6.24. The molecule has 1 aliphatic rings. The summed E-state index contributed by atoms with van der Waals surface area (Å²) in [5, 5.41) is 6.70. The lowest BCUT2D eigenvalue weighted by Gasteiger charge is -2.16. The van der Waals surface area contributed by atoms with E-state index in [0.29, 0.717) is 6.54 Å². The van der Waals surface area contributed by atoms with Crippen molar-refractivity contribution in [2.24, 2.45) is 4.99 Å². The SMILES string of the molecule is CCNC(=NCc1ccnc(N2CCCC2)c1)NCCCCOCC. The fraction of sp³-hybridized carbons (Fsp3) is 0.684. The number of unbranched alkanes of at least 4 members (excludes halogenated alkanes) is 1. The van der Waals surface area contributed by atoms with Gasteiger partial charge < -0.3 is 20.3 Å². The summed E-state index contributed by atoms with van der Waals surface area (Å²) in [6.07, 6.45) is 6.58. The largest absolute Gasteiger partial charge is 0.382 e. The number of aromatic nitrogens is 1. The van der Waals surface area contributed by atoms with Crippen LogP contribution in [0.25, 0.3) is 0 Å². The normalized spacial score (nSPS) is 14.8. The summed E-state index contributed by atoms with van der Waals surface area (Å²) in [5.74, 6) is 1.96. The zero-order valence-electron chi connectivity index (χ0n) is 15.8. The Kier molecular flexibility index (Phi) is 9.12. The third-order valence-electron chi connectivity index (χ3n) is 4.22. The summed E-state index contributed by atoms with van der Waals surface area (Å²) in [6, 6.07) is 4.22. The van der Waals surface area contributed by atoms with E-state index in [1.54, 1.807) is 0 Å². The third-order valence-corrected chi connectivity index (χ3v) is 4.22. The van der Waals surface area contributed by atoms with Gasteiger partial charge in [-0.1, -0.05) is 0 Å². The topological polar surface area (TPSA) is 61.8 Å². The van der Waals surface area contributed by atoms with Crippen LogP contribution in [0.3, 0.4) is 0 Å². The van der Waals surface area contributed by atoms with Crippen molar-refractivity contribution < 1.29 is 4.74 Å². The molecule has 1 aliphatic heterocycles. The van der Waals surface area contributed by atoms with Crippen LogP contribution in [-0.2, 0) is 11.3 Å². The van der Waals surface area contributed by atoms with Crippen LogP contribution in [0.1, 0.15) is 45.1 Å². The smallest absolute Gasteiger partial charge is 0.191 e. The minimum absolute atomic E-state index is 0.664. The number of nitrogens with zero attached hydrogens (tertiary/aromatic N) is 3. The summed E-state index contributed by atoms with van der Waals surface area (Å²) in [4.78, 5) is 11.6. The molecular formula is C19H33N5O. The average molecular weight is 348 g/mol. The molecule has 0 aliphatic carbocycles. The molecule has 0 atom stereocenters. The van der Waals surface area contributed by atoms with Gasteiger partial charge in [-0.2, -0.15) is 0 Å². The molecule has 0 radical (unpaired) electrons. The number of ether oxygens (including phenoxy) is 1. The summed E-state index contributed by atoms with van der Waals surface area (Å²) in [5.41, 5.74) is 1.20. The third kappa shape index (κ3) is 7.30. The Balaban J connectivity index is 1.82. The first kappa shape index (κ1) is 19.5. The Morgan fingerprint density at radius 3 is 2.84 bits per heavy atom. The Morgan fingerprint density at radius 1 is 1.24 bits per heavy atom. The number of hydrogen-bond acceptors (Lipinski definition) is 4. The Morgan fingerprint density at radius 2 is 2.08 bits per heavy atom. The minimum Gasteiger partial charge on any atom is -0.382 e. The van der Waals surface area contributed by atoms with Crippen molar-refractivity contribution in [1.82, 2.24) is 15.6 Å². The van der Waals surface area contributed by atoms with E-state index in [1.165, 1.54) is 18.4 Å². The second-order valence-corrected chi connectivity index (χ2v) is 6.24. The first-order valence-electron chi connectivity index (χ1n) is 9.63. The molecule has 25 heavy (non-hydrogen) atoms. The zero-order chi connectivity index (χ0) is 17.7. The van der Waals surface area contributed by atoms with Gasteiger partial charge in [0.2, 0.25) is 0 Å². The summed E-state index contributed by atoms with van der Waals surface area (Å²) in [6.45, 7) is 10.4. The molecule has 140 valence electrons. The lowest BCUT2D eigenvalue weighted by atomic mass is 10.2. The molecule has 2 heterocycles. The van der Waals surface area contributed by atoms with Gasteiger partial charge in [-0.3, -0.25) is 0 Å². The highest BCUT2D eigenvalue weighted by atomic mass is 16.5. The van der Waals surface area contributed by atoms with Gasteiger partial charge in [-0.05, 0) is 57.2 Å². The number of hydrogen-bond donors (Lipinski definition) is 2. The van der Waals surface area contributed by atoms with E-state index in [0.717, 1.165) is 64.0 Å². The van der Waals surface area contributed by atoms with Crippen molar-refractivity contribution in [2.75, 3.05) is 44.3 Å². The second kappa shape index (κ2) is 11.7. The molecule has 1 saturated heterocycles. The van der Waals surface area contributed by atoms with Crippen LogP contribution in [0.5, 0.6) is 0 Å². The molecule has 0 unspecified atom stereocenters. The molecule has 0 bridgehead atoms. The zero-order valence-corrected chi connectivity index (χ0v) is 15.8. The number of aliphatic imine (C=N–C) groups is 1. The molecule has 6 heteroatoms. The minimum atomic E-state index is 0.664. The van der Waals surface area contributed by atoms with E-state index in [-0.39, 0.29) is 0 Å². The van der Waals surface area contributed by atoms with Crippen molar-refractivity contribution in [1.29, 1.82) is 0 Å². The highest BCUT2D eigenvalue weighted by molar-refractivity contribution is 5.79. The predicted molar refractivity (Wildman–Crippen MR) is 104 cm³/mol. The van der Waals surface area contributed by atoms with Gasteiger partial charge in [0.05, 0.1) is 6.54 Å². The number of pyridine rings is 1. The van der Waals surface area contributed by atoms with E-state index in [2.05, 4.69) is 39.6 Å². The van der Waals surface area contributed by atoms with Crippen LogP contribution in [0.15, 0.2) is 23.3 Å². The molecule has 0 aromatic carbocycles. The summed E-state index contributed by atoms with van der Waals surface area (Å²) < 4.78 is 5.36. The molecule has 6 nitrogen and oxygen atoms in total. The van der Waals surface area contributed by atoms with E-state index < -0.39 is 0 Å². The fourth-order valence-corrected chi connectivity index (χ4v) is 2.87. The Labute approximate surface area is 152 Å². The number of rotatable bonds is 10. The van der Waals surface area contributed by atoms with Gasteiger partial charge in [-0.15, -0.1) is 0 Å². The van der Waals surface area contributed by atoms with E-state index in [1.807, 2.05) is 13.1 Å². The maximum atomic E-state index is 5.36. The average Bonchev–Trinajstić information content (AvgIpc) is 3.17. The van der Waals surface area contributed by atoms with E-state index >= 15 is 0 Å². The highest BCUT2D eigenvalue weighted by Crippen LogP contribution is 2.18. The maximum absolute atomic E-state index is 5.36. The molecule has 1 aromatic rings. The van der Waals surface area contributed by atoms with Crippen LogP contribution in [-0.4, -0.2) is 50.3 Å². The van der Waals surface area contributed by atoms with Gasteiger partial charge in [0.1, 0.15) is 5.82 Å². The number of guanidine groups is 1. The van der Waals surface area contributed by atoms with E-state index in [9.17, 15) is 0 Å². The lowest BCUT2D eigenvalue weighted by Crippen LogP contribution is -2.37. The molecule has 0 saturated carbocycles. The van der Waals surface area contributed by atoms with Crippen molar-refractivity contribution in [3.63, 3.8) is 0 Å². The fourth-order valence-electron chi connectivity index (χ4n) is 2.87. The van der Waals surface area contributed by atoms with Crippen LogP contribution >= 0.6 is 0 Å².